The third-order valence-corrected chi connectivity index (χ3v) is 9.51. The van der Waals surface area contributed by atoms with E-state index in [0.717, 1.165) is 27.2 Å². The van der Waals surface area contributed by atoms with Gasteiger partial charge in [0.2, 0.25) is 26.0 Å². The van der Waals surface area contributed by atoms with Gasteiger partial charge >= 0.3 is 0 Å². The molecule has 0 bridgehead atoms. The molecule has 2 aromatic rings. The van der Waals surface area contributed by atoms with Gasteiger partial charge in [-0.15, -0.1) is 0 Å². The van der Waals surface area contributed by atoms with Crippen molar-refractivity contribution in [3.05, 3.63) is 58.6 Å². The summed E-state index contributed by atoms with van der Waals surface area (Å²) in [7, 11) is -5.85. The van der Waals surface area contributed by atoms with Gasteiger partial charge < -0.3 is 5.32 Å². The van der Waals surface area contributed by atoms with Crippen molar-refractivity contribution in [2.45, 2.75) is 29.1 Å². The first-order chi connectivity index (χ1) is 15.1. The minimum absolute atomic E-state index is 0.111. The van der Waals surface area contributed by atoms with Crippen LogP contribution in [0.1, 0.15) is 18.4 Å². The predicted molar refractivity (Wildman–Crippen MR) is 125 cm³/mol. The standard InChI is InChI=1S/C21H26BrN3O5S2/c1-24(31(27,28)19-10-6-18(22)7-11-19)16-21(26)23-13-12-17-4-8-20(9-5-17)32(29,30)25-14-2-3-15-25/h4-11H,2-3,12-16H2,1H3,(H,23,26). The molecule has 8 nitrogen and oxygen atoms in total. The van der Waals surface area contributed by atoms with E-state index in [-0.39, 0.29) is 16.3 Å². The molecule has 2 aromatic carbocycles. The highest BCUT2D eigenvalue weighted by Gasteiger charge is 2.27. The normalized spacial score (nSPS) is 15.2. The van der Waals surface area contributed by atoms with Gasteiger partial charge in [-0.1, -0.05) is 28.1 Å². The summed E-state index contributed by atoms with van der Waals surface area (Å²) in [6.07, 6.45) is 2.27. The Labute approximate surface area is 197 Å². The number of carbonyl (C=O) groups is 1. The average Bonchev–Trinajstić information content (AvgIpc) is 3.30. The molecular weight excluding hydrogens is 518 g/mol. The lowest BCUT2D eigenvalue weighted by atomic mass is 10.1. The van der Waals surface area contributed by atoms with E-state index in [2.05, 4.69) is 21.2 Å². The molecule has 0 unspecified atom stereocenters. The van der Waals surface area contributed by atoms with E-state index >= 15 is 0 Å². The van der Waals surface area contributed by atoms with Gasteiger partial charge in [0.25, 0.3) is 0 Å². The number of halogens is 1. The minimum atomic E-state index is -3.76. The average molecular weight is 544 g/mol. The number of rotatable bonds is 9. The number of sulfonamides is 2. The van der Waals surface area contributed by atoms with Crippen LogP contribution in [-0.4, -0.2) is 64.6 Å². The van der Waals surface area contributed by atoms with Gasteiger partial charge in [-0.25, -0.2) is 16.8 Å². The van der Waals surface area contributed by atoms with Crippen molar-refractivity contribution < 1.29 is 21.6 Å². The summed E-state index contributed by atoms with van der Waals surface area (Å²) in [5.74, 6) is -0.415. The first-order valence-electron chi connectivity index (χ1n) is 10.2. The van der Waals surface area contributed by atoms with Crippen LogP contribution in [0.25, 0.3) is 0 Å². The summed E-state index contributed by atoms with van der Waals surface area (Å²) < 4.78 is 53.5. The van der Waals surface area contributed by atoms with Gasteiger partial charge in [-0.2, -0.15) is 8.61 Å². The van der Waals surface area contributed by atoms with Crippen LogP contribution in [0, 0.1) is 0 Å². The number of nitrogens with zero attached hydrogens (tertiary/aromatic N) is 2. The minimum Gasteiger partial charge on any atom is -0.355 e. The molecule has 1 aliphatic rings. The van der Waals surface area contributed by atoms with Gasteiger partial charge in [0.05, 0.1) is 16.3 Å². The number of carbonyl (C=O) groups excluding carboxylic acids is 1. The van der Waals surface area contributed by atoms with Gasteiger partial charge in [0, 0.05) is 31.2 Å². The Kier molecular flexibility index (Phi) is 8.10. The quantitative estimate of drug-likeness (QED) is 0.522. The van der Waals surface area contributed by atoms with E-state index in [0.29, 0.717) is 26.1 Å². The molecule has 0 atom stereocenters. The second-order valence-electron chi connectivity index (χ2n) is 7.57. The van der Waals surface area contributed by atoms with Gasteiger partial charge in [-0.3, -0.25) is 4.79 Å². The first-order valence-corrected chi connectivity index (χ1v) is 13.9. The van der Waals surface area contributed by atoms with Gasteiger partial charge in [0.1, 0.15) is 0 Å². The molecule has 0 aliphatic carbocycles. The number of hydrogen-bond acceptors (Lipinski definition) is 5. The second kappa shape index (κ2) is 10.4. The van der Waals surface area contributed by atoms with Crippen LogP contribution in [0.3, 0.4) is 0 Å². The molecule has 1 amide bonds. The van der Waals surface area contributed by atoms with Crippen LogP contribution in [0.2, 0.25) is 0 Å². The fraction of sp³-hybridized carbons (Fsp3) is 0.381. The maximum Gasteiger partial charge on any atom is 0.243 e. The Bertz CT molecular complexity index is 1140. The van der Waals surface area contributed by atoms with Crippen molar-refractivity contribution in [1.29, 1.82) is 0 Å². The second-order valence-corrected chi connectivity index (χ2v) is 12.5. The third-order valence-electron chi connectivity index (χ3n) is 5.25. The van der Waals surface area contributed by atoms with Crippen LogP contribution in [0.4, 0.5) is 0 Å². The molecule has 1 fully saturated rings. The van der Waals surface area contributed by atoms with Crippen LogP contribution in [-0.2, 0) is 31.3 Å². The highest BCUT2D eigenvalue weighted by molar-refractivity contribution is 9.10. The lowest BCUT2D eigenvalue weighted by molar-refractivity contribution is -0.121. The zero-order chi connectivity index (χ0) is 23.4. The van der Waals surface area contributed by atoms with E-state index in [1.165, 1.54) is 23.5 Å². The SMILES string of the molecule is CN(CC(=O)NCCc1ccc(S(=O)(=O)N2CCCC2)cc1)S(=O)(=O)c1ccc(Br)cc1. The molecule has 32 heavy (non-hydrogen) atoms. The van der Waals surface area contributed by atoms with Crippen molar-refractivity contribution >= 4 is 41.9 Å². The smallest absolute Gasteiger partial charge is 0.243 e. The molecule has 3 rings (SSSR count). The Morgan fingerprint density at radius 3 is 2.12 bits per heavy atom. The topological polar surface area (TPSA) is 104 Å². The largest absolute Gasteiger partial charge is 0.355 e. The fourth-order valence-corrected chi connectivity index (χ4v) is 6.29. The Balaban J connectivity index is 1.49. The molecule has 0 aromatic heterocycles. The molecule has 174 valence electrons. The first kappa shape index (κ1) is 24.8. The molecule has 1 saturated heterocycles. The van der Waals surface area contributed by atoms with Crippen LogP contribution in [0.5, 0.6) is 0 Å². The molecule has 1 aliphatic heterocycles. The number of likely N-dealkylation sites (N-methyl/N-ethyl adjacent to an activating group) is 1. The van der Waals surface area contributed by atoms with E-state index in [1.807, 2.05) is 0 Å². The zero-order valence-electron chi connectivity index (χ0n) is 17.7. The summed E-state index contributed by atoms with van der Waals surface area (Å²) in [4.78, 5) is 12.6. The predicted octanol–water partition coefficient (Wildman–Crippen LogP) is 2.21. The summed E-state index contributed by atoms with van der Waals surface area (Å²) in [6.45, 7) is 1.12. The molecule has 1 heterocycles. The summed E-state index contributed by atoms with van der Waals surface area (Å²) in [5.41, 5.74) is 0.876. The van der Waals surface area contributed by atoms with E-state index < -0.39 is 26.0 Å². The molecule has 1 N–H and O–H groups in total. The highest BCUT2D eigenvalue weighted by Crippen LogP contribution is 2.21. The van der Waals surface area contributed by atoms with Crippen molar-refractivity contribution in [3.63, 3.8) is 0 Å². The maximum absolute atomic E-state index is 12.6. The summed E-state index contributed by atoms with van der Waals surface area (Å²) in [5, 5.41) is 2.71. The van der Waals surface area contributed by atoms with Gasteiger partial charge in [0.15, 0.2) is 0 Å². The van der Waals surface area contributed by atoms with E-state index in [9.17, 15) is 21.6 Å². The van der Waals surface area contributed by atoms with Crippen molar-refractivity contribution in [3.8, 4) is 0 Å². The van der Waals surface area contributed by atoms with Crippen LogP contribution in [0.15, 0.2) is 62.8 Å². The maximum atomic E-state index is 12.6. The Morgan fingerprint density at radius 1 is 0.969 bits per heavy atom. The zero-order valence-corrected chi connectivity index (χ0v) is 20.9. The molecule has 0 radical (unpaired) electrons. The molecular formula is C21H26BrN3O5S2. The van der Waals surface area contributed by atoms with E-state index in [1.54, 1.807) is 36.4 Å². The lowest BCUT2D eigenvalue weighted by Crippen LogP contribution is -2.39. The van der Waals surface area contributed by atoms with Gasteiger partial charge in [-0.05, 0) is 61.2 Å². The number of benzene rings is 2. The van der Waals surface area contributed by atoms with E-state index in [4.69, 9.17) is 0 Å². The van der Waals surface area contributed by atoms with Crippen LogP contribution >= 0.6 is 15.9 Å². The van der Waals surface area contributed by atoms with Crippen molar-refractivity contribution in [2.75, 3.05) is 33.2 Å². The Morgan fingerprint density at radius 2 is 1.53 bits per heavy atom. The lowest BCUT2D eigenvalue weighted by Gasteiger charge is -2.17. The molecule has 0 spiro atoms. The van der Waals surface area contributed by atoms with Crippen molar-refractivity contribution in [2.24, 2.45) is 0 Å². The third kappa shape index (κ3) is 5.96. The number of amides is 1. The van der Waals surface area contributed by atoms with Crippen molar-refractivity contribution in [1.82, 2.24) is 13.9 Å². The molecule has 11 heteroatoms. The summed E-state index contributed by atoms with van der Waals surface area (Å²) >= 11 is 3.26. The number of nitrogens with one attached hydrogen (secondary N) is 1. The number of hydrogen-bond donors (Lipinski definition) is 1. The van der Waals surface area contributed by atoms with Crippen LogP contribution < -0.4 is 5.32 Å². The highest BCUT2D eigenvalue weighted by atomic mass is 79.9. The monoisotopic (exact) mass is 543 g/mol. The summed E-state index contributed by atoms with van der Waals surface area (Å²) in [6, 6.07) is 12.8. The fourth-order valence-electron chi connectivity index (χ4n) is 3.38. The molecule has 0 saturated carbocycles. The Hall–Kier alpha value is -1.79.